The van der Waals surface area contributed by atoms with Crippen molar-refractivity contribution in [3.63, 3.8) is 0 Å². The molecular formula is C14H27N3O2. The number of hydrogen-bond donors (Lipinski definition) is 1. The molecule has 0 spiro atoms. The van der Waals surface area contributed by atoms with Crippen LogP contribution in [0.15, 0.2) is 0 Å². The van der Waals surface area contributed by atoms with Crippen molar-refractivity contribution < 1.29 is 9.53 Å². The molecule has 2 aliphatic heterocycles. The summed E-state index contributed by atoms with van der Waals surface area (Å²) < 4.78 is 5.41. The number of likely N-dealkylation sites (N-methyl/N-ethyl adjacent to an activating group) is 1. The molecule has 0 aromatic rings. The summed E-state index contributed by atoms with van der Waals surface area (Å²) in [5.74, 6) is 0. The van der Waals surface area contributed by atoms with Crippen molar-refractivity contribution in [3.05, 3.63) is 0 Å². The summed E-state index contributed by atoms with van der Waals surface area (Å²) in [7, 11) is 2.16. The number of hydrogen-bond acceptors (Lipinski definition) is 4. The Balaban J connectivity index is 1.75. The van der Waals surface area contributed by atoms with Crippen molar-refractivity contribution in [2.45, 2.75) is 51.3 Å². The van der Waals surface area contributed by atoms with E-state index in [2.05, 4.69) is 17.3 Å². The lowest BCUT2D eigenvalue weighted by atomic mass is 10.2. The molecule has 19 heavy (non-hydrogen) atoms. The minimum atomic E-state index is -0.406. The second kappa shape index (κ2) is 5.67. The highest BCUT2D eigenvalue weighted by Gasteiger charge is 2.31. The number of amides is 1. The van der Waals surface area contributed by atoms with Gasteiger partial charge in [0.05, 0.1) is 0 Å². The van der Waals surface area contributed by atoms with Crippen LogP contribution in [0, 0.1) is 0 Å². The first-order valence-corrected chi connectivity index (χ1v) is 7.26. The monoisotopic (exact) mass is 269 g/mol. The molecule has 0 bridgehead atoms. The van der Waals surface area contributed by atoms with Gasteiger partial charge in [0.2, 0.25) is 0 Å². The zero-order valence-corrected chi connectivity index (χ0v) is 12.6. The summed E-state index contributed by atoms with van der Waals surface area (Å²) in [6.07, 6.45) is 2.05. The summed E-state index contributed by atoms with van der Waals surface area (Å²) in [6.45, 7) is 9.58. The Morgan fingerprint density at radius 3 is 2.37 bits per heavy atom. The molecule has 110 valence electrons. The van der Waals surface area contributed by atoms with Gasteiger partial charge >= 0.3 is 6.09 Å². The minimum absolute atomic E-state index is 0.180. The van der Waals surface area contributed by atoms with Gasteiger partial charge in [-0.15, -0.1) is 0 Å². The largest absolute Gasteiger partial charge is 0.444 e. The van der Waals surface area contributed by atoms with E-state index in [-0.39, 0.29) is 6.09 Å². The Morgan fingerprint density at radius 2 is 1.79 bits per heavy atom. The van der Waals surface area contributed by atoms with E-state index in [9.17, 15) is 4.79 Å². The Kier molecular flexibility index (Phi) is 4.36. The molecule has 2 saturated heterocycles. The Hall–Kier alpha value is -0.810. The van der Waals surface area contributed by atoms with Gasteiger partial charge in [-0.3, -0.25) is 0 Å². The van der Waals surface area contributed by atoms with Crippen LogP contribution in [-0.4, -0.2) is 66.8 Å². The van der Waals surface area contributed by atoms with Gasteiger partial charge in [0.25, 0.3) is 0 Å². The van der Waals surface area contributed by atoms with Gasteiger partial charge in [-0.2, -0.15) is 0 Å². The molecule has 5 nitrogen and oxygen atoms in total. The molecule has 0 unspecified atom stereocenters. The number of carbonyl (C=O) groups is 1. The van der Waals surface area contributed by atoms with Gasteiger partial charge in [0.15, 0.2) is 0 Å². The highest BCUT2D eigenvalue weighted by atomic mass is 16.6. The smallest absolute Gasteiger partial charge is 0.410 e. The van der Waals surface area contributed by atoms with Crippen LogP contribution >= 0.6 is 0 Å². The molecule has 5 heteroatoms. The van der Waals surface area contributed by atoms with Crippen LogP contribution in [0.2, 0.25) is 0 Å². The van der Waals surface area contributed by atoms with Crippen molar-refractivity contribution in [1.82, 2.24) is 15.1 Å². The van der Waals surface area contributed by atoms with Gasteiger partial charge in [0, 0.05) is 31.7 Å². The number of carbonyl (C=O) groups excluding carboxylic acids is 1. The van der Waals surface area contributed by atoms with E-state index in [4.69, 9.17) is 4.74 Å². The highest BCUT2D eigenvalue weighted by Crippen LogP contribution is 2.17. The van der Waals surface area contributed by atoms with Gasteiger partial charge < -0.3 is 19.9 Å². The third-order valence-electron chi connectivity index (χ3n) is 3.70. The predicted molar refractivity (Wildman–Crippen MR) is 75.2 cm³/mol. The molecule has 2 heterocycles. The summed E-state index contributed by atoms with van der Waals surface area (Å²) in [4.78, 5) is 16.1. The van der Waals surface area contributed by atoms with E-state index in [1.807, 2.05) is 25.7 Å². The van der Waals surface area contributed by atoms with E-state index in [0.717, 1.165) is 26.1 Å². The molecule has 2 rings (SSSR count). The predicted octanol–water partition coefficient (Wildman–Crippen LogP) is 1.29. The minimum Gasteiger partial charge on any atom is -0.444 e. The van der Waals surface area contributed by atoms with Crippen LogP contribution in [-0.2, 0) is 4.74 Å². The number of likely N-dealkylation sites (tertiary alicyclic amines) is 2. The fourth-order valence-corrected chi connectivity index (χ4v) is 2.79. The Labute approximate surface area is 116 Å². The Bertz CT molecular complexity index is 327. The van der Waals surface area contributed by atoms with Crippen LogP contribution in [0.3, 0.4) is 0 Å². The quantitative estimate of drug-likeness (QED) is 0.820. The molecule has 2 fully saturated rings. The summed E-state index contributed by atoms with van der Waals surface area (Å²) >= 11 is 0. The van der Waals surface area contributed by atoms with Crippen molar-refractivity contribution in [3.8, 4) is 0 Å². The van der Waals surface area contributed by atoms with Crippen molar-refractivity contribution >= 4 is 6.09 Å². The van der Waals surface area contributed by atoms with Crippen molar-refractivity contribution in [1.29, 1.82) is 0 Å². The van der Waals surface area contributed by atoms with E-state index in [1.54, 1.807) is 0 Å². The van der Waals surface area contributed by atoms with Gasteiger partial charge in [-0.1, -0.05) is 0 Å². The van der Waals surface area contributed by atoms with Crippen LogP contribution in [0.1, 0.15) is 33.6 Å². The van der Waals surface area contributed by atoms with Crippen LogP contribution in [0.25, 0.3) is 0 Å². The first kappa shape index (κ1) is 14.6. The van der Waals surface area contributed by atoms with E-state index < -0.39 is 5.60 Å². The Morgan fingerprint density at radius 1 is 1.16 bits per heavy atom. The van der Waals surface area contributed by atoms with E-state index in [0.29, 0.717) is 12.1 Å². The number of ether oxygens (including phenoxy) is 1. The molecule has 1 N–H and O–H groups in total. The molecular weight excluding hydrogens is 242 g/mol. The lowest BCUT2D eigenvalue weighted by Crippen LogP contribution is -2.42. The maximum atomic E-state index is 12.0. The molecule has 0 radical (unpaired) electrons. The van der Waals surface area contributed by atoms with Crippen LogP contribution < -0.4 is 5.32 Å². The zero-order chi connectivity index (χ0) is 14.0. The second-order valence-corrected chi connectivity index (χ2v) is 6.83. The van der Waals surface area contributed by atoms with E-state index >= 15 is 0 Å². The first-order valence-electron chi connectivity index (χ1n) is 7.26. The molecule has 2 aliphatic rings. The van der Waals surface area contributed by atoms with Gasteiger partial charge in [-0.25, -0.2) is 4.79 Å². The topological polar surface area (TPSA) is 44.8 Å². The third kappa shape index (κ3) is 4.35. The number of nitrogens with zero attached hydrogens (tertiary/aromatic N) is 2. The summed E-state index contributed by atoms with van der Waals surface area (Å²) in [5, 5.41) is 3.66. The summed E-state index contributed by atoms with van der Waals surface area (Å²) in [5.41, 5.74) is -0.406. The average molecular weight is 269 g/mol. The van der Waals surface area contributed by atoms with Gasteiger partial charge in [-0.05, 0) is 47.2 Å². The molecule has 0 aromatic carbocycles. The lowest BCUT2D eigenvalue weighted by Gasteiger charge is -2.25. The fourth-order valence-electron chi connectivity index (χ4n) is 2.79. The first-order chi connectivity index (χ1) is 8.83. The molecule has 0 aromatic heterocycles. The molecule has 0 saturated carbocycles. The fraction of sp³-hybridized carbons (Fsp3) is 0.929. The lowest BCUT2D eigenvalue weighted by molar-refractivity contribution is 0.0290. The SMILES string of the molecule is CN1CC[C@@H](N[C@H]2CCN(C(=O)OC(C)(C)C)C2)C1. The number of rotatable bonds is 2. The normalized spacial score (nSPS) is 28.9. The maximum absolute atomic E-state index is 12.0. The number of nitrogens with one attached hydrogen (secondary N) is 1. The van der Waals surface area contributed by atoms with Crippen molar-refractivity contribution in [2.75, 3.05) is 33.2 Å². The molecule has 2 atom stereocenters. The van der Waals surface area contributed by atoms with E-state index in [1.165, 1.54) is 13.0 Å². The second-order valence-electron chi connectivity index (χ2n) is 6.83. The third-order valence-corrected chi connectivity index (χ3v) is 3.70. The highest BCUT2D eigenvalue weighted by molar-refractivity contribution is 5.68. The molecule has 1 amide bonds. The molecule has 0 aliphatic carbocycles. The van der Waals surface area contributed by atoms with Gasteiger partial charge in [0.1, 0.15) is 5.60 Å². The van der Waals surface area contributed by atoms with Crippen molar-refractivity contribution in [2.24, 2.45) is 0 Å². The zero-order valence-electron chi connectivity index (χ0n) is 12.6. The average Bonchev–Trinajstić information content (AvgIpc) is 2.86. The maximum Gasteiger partial charge on any atom is 0.410 e. The van der Waals surface area contributed by atoms with Crippen LogP contribution in [0.4, 0.5) is 4.79 Å². The van der Waals surface area contributed by atoms with Crippen LogP contribution in [0.5, 0.6) is 0 Å². The summed E-state index contributed by atoms with van der Waals surface area (Å²) in [6, 6.07) is 0.998. The standard InChI is InChI=1S/C14H27N3O2/c1-14(2,3)19-13(18)17-8-6-12(10-17)15-11-5-7-16(4)9-11/h11-12,15H,5-10H2,1-4H3/t11-,12+/m1/s1.